The number of allylic oxidation sites excluding steroid dienone is 3. The molecule has 2 aromatic carbocycles. The number of benzene rings is 2. The number of hydrogen-bond acceptors (Lipinski definition) is 1. The van der Waals surface area contributed by atoms with Crippen LogP contribution in [0.5, 0.6) is 0 Å². The summed E-state index contributed by atoms with van der Waals surface area (Å²) in [6.45, 7) is 2.01. The molecule has 1 aliphatic rings. The Hall–Kier alpha value is -2.28. The second kappa shape index (κ2) is 6.94. The van der Waals surface area contributed by atoms with E-state index in [0.717, 1.165) is 19.5 Å². The molecule has 0 amide bonds. The first kappa shape index (κ1) is 13.7. The monoisotopic (exact) mass is 275 g/mol. The summed E-state index contributed by atoms with van der Waals surface area (Å²) in [7, 11) is 0. The number of nitrogens with zero attached hydrogens (tertiary/aromatic N) is 1. The largest absolute Gasteiger partial charge is 0.367 e. The molecule has 0 aliphatic heterocycles. The predicted molar refractivity (Wildman–Crippen MR) is 90.3 cm³/mol. The molecule has 2 aromatic rings. The first-order valence-electron chi connectivity index (χ1n) is 7.59. The van der Waals surface area contributed by atoms with Gasteiger partial charge in [-0.15, -0.1) is 0 Å². The molecule has 0 radical (unpaired) electrons. The molecule has 3 rings (SSSR count). The number of rotatable bonds is 5. The Kier molecular flexibility index (Phi) is 4.52. The Morgan fingerprint density at radius 2 is 1.57 bits per heavy atom. The van der Waals surface area contributed by atoms with Gasteiger partial charge in [-0.1, -0.05) is 72.8 Å². The maximum absolute atomic E-state index is 2.48. The zero-order valence-electron chi connectivity index (χ0n) is 12.2. The summed E-state index contributed by atoms with van der Waals surface area (Å²) in [6, 6.07) is 21.4. The third-order valence-electron chi connectivity index (χ3n) is 3.86. The van der Waals surface area contributed by atoms with Crippen LogP contribution in [0.15, 0.2) is 85.0 Å². The second-order valence-electron chi connectivity index (χ2n) is 5.51. The highest BCUT2D eigenvalue weighted by Crippen LogP contribution is 2.21. The van der Waals surface area contributed by atoms with Crippen LogP contribution in [0, 0.1) is 5.92 Å². The van der Waals surface area contributed by atoms with E-state index in [2.05, 4.69) is 89.9 Å². The lowest BCUT2D eigenvalue weighted by atomic mass is 9.99. The third kappa shape index (κ3) is 3.85. The van der Waals surface area contributed by atoms with Crippen molar-refractivity contribution in [2.24, 2.45) is 5.92 Å². The van der Waals surface area contributed by atoms with E-state index < -0.39 is 0 Å². The van der Waals surface area contributed by atoms with Gasteiger partial charge in [0.25, 0.3) is 0 Å². The van der Waals surface area contributed by atoms with Crippen LogP contribution >= 0.6 is 0 Å². The molecule has 0 fully saturated rings. The Morgan fingerprint density at radius 3 is 2.24 bits per heavy atom. The molecule has 0 bridgehead atoms. The van der Waals surface area contributed by atoms with E-state index in [-0.39, 0.29) is 0 Å². The van der Waals surface area contributed by atoms with E-state index in [4.69, 9.17) is 0 Å². The lowest BCUT2D eigenvalue weighted by Crippen LogP contribution is -2.28. The molecule has 0 saturated carbocycles. The average Bonchev–Trinajstić information content (AvgIpc) is 2.57. The number of anilines is 1. The minimum absolute atomic E-state index is 0.596. The van der Waals surface area contributed by atoms with E-state index in [1.165, 1.54) is 11.3 Å². The van der Waals surface area contributed by atoms with E-state index in [9.17, 15) is 0 Å². The summed E-state index contributed by atoms with van der Waals surface area (Å²) in [4.78, 5) is 2.48. The maximum atomic E-state index is 2.48. The standard InChI is InChI=1S/C20H21N/c1-4-10-18(11-5-1)16-21(20-14-8-3-9-15-20)17-19-12-6-2-7-13-19/h1-12,14-15,19H,13,16-17H2. The van der Waals surface area contributed by atoms with Crippen molar-refractivity contribution in [2.45, 2.75) is 13.0 Å². The van der Waals surface area contributed by atoms with Crippen molar-refractivity contribution in [2.75, 3.05) is 11.4 Å². The normalized spacial score (nSPS) is 16.9. The summed E-state index contributed by atoms with van der Waals surface area (Å²) < 4.78 is 0. The van der Waals surface area contributed by atoms with Crippen LogP contribution in [0.4, 0.5) is 5.69 Å². The summed E-state index contributed by atoms with van der Waals surface area (Å²) in [6.07, 6.45) is 10.0. The van der Waals surface area contributed by atoms with E-state index >= 15 is 0 Å². The molecule has 106 valence electrons. The van der Waals surface area contributed by atoms with Gasteiger partial charge < -0.3 is 4.90 Å². The fraction of sp³-hybridized carbons (Fsp3) is 0.200. The number of hydrogen-bond donors (Lipinski definition) is 0. The summed E-state index contributed by atoms with van der Waals surface area (Å²) in [5.74, 6) is 0.596. The minimum Gasteiger partial charge on any atom is -0.367 e. The zero-order chi connectivity index (χ0) is 14.3. The maximum Gasteiger partial charge on any atom is 0.0429 e. The predicted octanol–water partition coefficient (Wildman–Crippen LogP) is 4.83. The van der Waals surface area contributed by atoms with Gasteiger partial charge in [0.05, 0.1) is 0 Å². The molecule has 1 nitrogen and oxygen atoms in total. The smallest absolute Gasteiger partial charge is 0.0429 e. The highest BCUT2D eigenvalue weighted by Gasteiger charge is 2.13. The van der Waals surface area contributed by atoms with Gasteiger partial charge in [0.1, 0.15) is 0 Å². The van der Waals surface area contributed by atoms with Crippen LogP contribution < -0.4 is 4.90 Å². The topological polar surface area (TPSA) is 3.24 Å². The molecule has 1 unspecified atom stereocenters. The molecule has 0 N–H and O–H groups in total. The Labute approximate surface area is 127 Å². The van der Waals surface area contributed by atoms with Gasteiger partial charge in [0.15, 0.2) is 0 Å². The number of para-hydroxylation sites is 1. The molecule has 0 heterocycles. The lowest BCUT2D eigenvalue weighted by molar-refractivity contribution is 0.615. The van der Waals surface area contributed by atoms with Crippen LogP contribution in [0.25, 0.3) is 0 Å². The van der Waals surface area contributed by atoms with Crippen molar-refractivity contribution in [3.63, 3.8) is 0 Å². The highest BCUT2D eigenvalue weighted by molar-refractivity contribution is 5.47. The SMILES string of the molecule is C1=CCC(CN(Cc2ccccc2)c2ccccc2)C=C1. The van der Waals surface area contributed by atoms with E-state index in [0.29, 0.717) is 5.92 Å². The summed E-state index contributed by atoms with van der Waals surface area (Å²) >= 11 is 0. The van der Waals surface area contributed by atoms with Gasteiger partial charge in [-0.05, 0) is 30.0 Å². The minimum atomic E-state index is 0.596. The molecule has 1 heteroatoms. The quantitative estimate of drug-likeness (QED) is 0.755. The average molecular weight is 275 g/mol. The van der Waals surface area contributed by atoms with Gasteiger partial charge in [-0.3, -0.25) is 0 Å². The third-order valence-corrected chi connectivity index (χ3v) is 3.86. The first-order valence-corrected chi connectivity index (χ1v) is 7.59. The first-order chi connectivity index (χ1) is 10.4. The molecular weight excluding hydrogens is 254 g/mol. The molecular formula is C20H21N. The molecule has 21 heavy (non-hydrogen) atoms. The molecule has 1 atom stereocenters. The molecule has 0 aromatic heterocycles. The van der Waals surface area contributed by atoms with Gasteiger partial charge >= 0.3 is 0 Å². The second-order valence-corrected chi connectivity index (χ2v) is 5.51. The van der Waals surface area contributed by atoms with Crippen LogP contribution in [-0.4, -0.2) is 6.54 Å². The summed E-state index contributed by atoms with van der Waals surface area (Å²) in [5.41, 5.74) is 2.65. The van der Waals surface area contributed by atoms with Crippen LogP contribution in [0.3, 0.4) is 0 Å². The molecule has 1 aliphatic carbocycles. The van der Waals surface area contributed by atoms with E-state index in [1.54, 1.807) is 0 Å². The van der Waals surface area contributed by atoms with Gasteiger partial charge in [0.2, 0.25) is 0 Å². The Morgan fingerprint density at radius 1 is 0.857 bits per heavy atom. The van der Waals surface area contributed by atoms with Crippen LogP contribution in [-0.2, 0) is 6.54 Å². The highest BCUT2D eigenvalue weighted by atomic mass is 15.1. The van der Waals surface area contributed by atoms with E-state index in [1.807, 2.05) is 0 Å². The van der Waals surface area contributed by atoms with Crippen molar-refractivity contribution >= 4 is 5.69 Å². The fourth-order valence-corrected chi connectivity index (χ4v) is 2.75. The van der Waals surface area contributed by atoms with Crippen molar-refractivity contribution in [1.82, 2.24) is 0 Å². The summed E-state index contributed by atoms with van der Waals surface area (Å²) in [5, 5.41) is 0. The Balaban J connectivity index is 1.77. The van der Waals surface area contributed by atoms with Gasteiger partial charge in [0, 0.05) is 18.8 Å². The zero-order valence-corrected chi connectivity index (χ0v) is 12.2. The molecule has 0 spiro atoms. The van der Waals surface area contributed by atoms with Gasteiger partial charge in [-0.2, -0.15) is 0 Å². The van der Waals surface area contributed by atoms with Gasteiger partial charge in [-0.25, -0.2) is 0 Å². The van der Waals surface area contributed by atoms with Crippen molar-refractivity contribution in [3.8, 4) is 0 Å². The van der Waals surface area contributed by atoms with Crippen LogP contribution in [0.2, 0.25) is 0 Å². The van der Waals surface area contributed by atoms with Crippen molar-refractivity contribution in [1.29, 1.82) is 0 Å². The fourth-order valence-electron chi connectivity index (χ4n) is 2.75. The van der Waals surface area contributed by atoms with Crippen molar-refractivity contribution in [3.05, 3.63) is 90.5 Å². The molecule has 0 saturated heterocycles. The van der Waals surface area contributed by atoms with Crippen molar-refractivity contribution < 1.29 is 0 Å². The van der Waals surface area contributed by atoms with Crippen LogP contribution in [0.1, 0.15) is 12.0 Å². The Bertz CT molecular complexity index is 598. The lowest BCUT2D eigenvalue weighted by Gasteiger charge is -2.28.